The largest absolute Gasteiger partial charge is 0.378 e. The molecule has 78 valence electrons. The van der Waals surface area contributed by atoms with Crippen molar-refractivity contribution in [3.05, 3.63) is 46.2 Å². The van der Waals surface area contributed by atoms with Crippen molar-refractivity contribution in [1.82, 2.24) is 10.2 Å². The second kappa shape index (κ2) is 4.55. The summed E-state index contributed by atoms with van der Waals surface area (Å²) >= 11 is 12.0. The van der Waals surface area contributed by atoms with Crippen molar-refractivity contribution in [2.45, 2.75) is 6.54 Å². The van der Waals surface area contributed by atoms with Crippen LogP contribution in [0.4, 0.5) is 5.69 Å². The molecule has 1 aromatic carbocycles. The molecular weight excluding hydrogens is 233 g/mol. The molecule has 0 bridgehead atoms. The summed E-state index contributed by atoms with van der Waals surface area (Å²) in [5.74, 6) is 0. The van der Waals surface area contributed by atoms with E-state index < -0.39 is 0 Å². The molecule has 0 amide bonds. The van der Waals surface area contributed by atoms with E-state index in [9.17, 15) is 0 Å². The van der Waals surface area contributed by atoms with Gasteiger partial charge in [0.1, 0.15) is 0 Å². The fourth-order valence-electron chi connectivity index (χ4n) is 1.24. The molecule has 15 heavy (non-hydrogen) atoms. The predicted octanol–water partition coefficient (Wildman–Crippen LogP) is 3.33. The van der Waals surface area contributed by atoms with Crippen molar-refractivity contribution in [3.8, 4) is 0 Å². The Labute approximate surface area is 97.4 Å². The first-order valence-electron chi connectivity index (χ1n) is 4.43. The average molecular weight is 242 g/mol. The number of benzene rings is 1. The van der Waals surface area contributed by atoms with Crippen LogP contribution < -0.4 is 5.32 Å². The Morgan fingerprint density at radius 1 is 1.27 bits per heavy atom. The molecule has 0 saturated carbocycles. The highest BCUT2D eigenvalue weighted by Crippen LogP contribution is 2.24. The fraction of sp³-hybridized carbons (Fsp3) is 0.100. The molecule has 1 aromatic heterocycles. The Morgan fingerprint density at radius 3 is 2.60 bits per heavy atom. The lowest BCUT2D eigenvalue weighted by Crippen LogP contribution is -1.99. The normalized spacial score (nSPS) is 10.3. The van der Waals surface area contributed by atoms with Crippen molar-refractivity contribution in [3.63, 3.8) is 0 Å². The van der Waals surface area contributed by atoms with Gasteiger partial charge >= 0.3 is 0 Å². The van der Waals surface area contributed by atoms with Crippen LogP contribution in [0.5, 0.6) is 0 Å². The number of hydrogen-bond donors (Lipinski definition) is 2. The number of halogens is 2. The highest BCUT2D eigenvalue weighted by Gasteiger charge is 2.04. The van der Waals surface area contributed by atoms with Gasteiger partial charge in [-0.2, -0.15) is 5.10 Å². The van der Waals surface area contributed by atoms with Gasteiger partial charge < -0.3 is 5.32 Å². The highest BCUT2D eigenvalue weighted by molar-refractivity contribution is 6.36. The number of anilines is 1. The van der Waals surface area contributed by atoms with Crippen LogP contribution in [0.1, 0.15) is 5.56 Å². The van der Waals surface area contributed by atoms with E-state index >= 15 is 0 Å². The Kier molecular flexibility index (Phi) is 3.14. The molecule has 2 rings (SSSR count). The summed E-state index contributed by atoms with van der Waals surface area (Å²) in [6, 6.07) is 5.46. The van der Waals surface area contributed by atoms with E-state index in [1.807, 2.05) is 18.2 Å². The zero-order chi connectivity index (χ0) is 10.7. The molecule has 0 unspecified atom stereocenters. The first kappa shape index (κ1) is 10.3. The van der Waals surface area contributed by atoms with Crippen LogP contribution in [0.3, 0.4) is 0 Å². The van der Waals surface area contributed by atoms with E-state index in [-0.39, 0.29) is 0 Å². The molecule has 2 N–H and O–H groups in total. The van der Waals surface area contributed by atoms with Gasteiger partial charge in [0.05, 0.1) is 11.9 Å². The lowest BCUT2D eigenvalue weighted by molar-refractivity contribution is 1.09. The summed E-state index contributed by atoms with van der Waals surface area (Å²) in [5, 5.41) is 11.0. The SMILES string of the molecule is Clc1cccc(Cl)c1CNc1cn[nH]c1. The number of hydrogen-bond acceptors (Lipinski definition) is 2. The minimum atomic E-state index is 0.581. The molecule has 3 nitrogen and oxygen atoms in total. The second-order valence-corrected chi connectivity index (χ2v) is 3.86. The quantitative estimate of drug-likeness (QED) is 0.866. The topological polar surface area (TPSA) is 40.7 Å². The summed E-state index contributed by atoms with van der Waals surface area (Å²) in [5.41, 5.74) is 1.80. The molecule has 0 atom stereocenters. The van der Waals surface area contributed by atoms with Gasteiger partial charge in [0.2, 0.25) is 0 Å². The maximum atomic E-state index is 6.02. The van der Waals surface area contributed by atoms with Gasteiger partial charge in [-0.1, -0.05) is 29.3 Å². The summed E-state index contributed by atoms with van der Waals surface area (Å²) in [4.78, 5) is 0. The highest BCUT2D eigenvalue weighted by atomic mass is 35.5. The van der Waals surface area contributed by atoms with E-state index in [0.717, 1.165) is 11.3 Å². The van der Waals surface area contributed by atoms with Crippen LogP contribution in [0.2, 0.25) is 10.0 Å². The van der Waals surface area contributed by atoms with Crippen molar-refractivity contribution >= 4 is 28.9 Å². The predicted molar refractivity (Wildman–Crippen MR) is 62.4 cm³/mol. The van der Waals surface area contributed by atoms with Crippen LogP contribution in [0.25, 0.3) is 0 Å². The Hall–Kier alpha value is -1.19. The van der Waals surface area contributed by atoms with Crippen LogP contribution >= 0.6 is 23.2 Å². The summed E-state index contributed by atoms with van der Waals surface area (Å²) < 4.78 is 0. The minimum absolute atomic E-state index is 0.581. The van der Waals surface area contributed by atoms with E-state index in [1.54, 1.807) is 12.4 Å². The zero-order valence-electron chi connectivity index (χ0n) is 7.80. The number of aromatic amines is 1. The van der Waals surface area contributed by atoms with E-state index in [4.69, 9.17) is 23.2 Å². The number of aromatic nitrogens is 2. The first-order chi connectivity index (χ1) is 7.27. The summed E-state index contributed by atoms with van der Waals surface area (Å²) in [7, 11) is 0. The lowest BCUT2D eigenvalue weighted by atomic mass is 10.2. The third kappa shape index (κ3) is 2.43. The molecule has 1 heterocycles. The monoisotopic (exact) mass is 241 g/mol. The number of rotatable bonds is 3. The van der Waals surface area contributed by atoms with Gasteiger partial charge in [-0.25, -0.2) is 0 Å². The van der Waals surface area contributed by atoms with Crippen molar-refractivity contribution in [2.75, 3.05) is 5.32 Å². The van der Waals surface area contributed by atoms with Crippen molar-refractivity contribution in [1.29, 1.82) is 0 Å². The first-order valence-corrected chi connectivity index (χ1v) is 5.18. The maximum absolute atomic E-state index is 6.02. The van der Waals surface area contributed by atoms with E-state index in [0.29, 0.717) is 16.6 Å². The molecule has 0 saturated heterocycles. The van der Waals surface area contributed by atoms with E-state index in [1.165, 1.54) is 0 Å². The van der Waals surface area contributed by atoms with Gasteiger partial charge in [0.25, 0.3) is 0 Å². The molecular formula is C10H9Cl2N3. The van der Waals surface area contributed by atoms with Crippen LogP contribution in [0.15, 0.2) is 30.6 Å². The fourth-order valence-corrected chi connectivity index (χ4v) is 1.77. The maximum Gasteiger partial charge on any atom is 0.0726 e. The number of nitrogens with zero attached hydrogens (tertiary/aromatic N) is 1. The van der Waals surface area contributed by atoms with Crippen LogP contribution in [0, 0.1) is 0 Å². The molecule has 0 radical (unpaired) electrons. The Bertz CT molecular complexity index is 420. The number of H-pyrrole nitrogens is 1. The molecule has 0 spiro atoms. The average Bonchev–Trinajstić information content (AvgIpc) is 2.70. The van der Waals surface area contributed by atoms with Gasteiger partial charge in [-0.05, 0) is 12.1 Å². The lowest BCUT2D eigenvalue weighted by Gasteiger charge is -2.07. The molecule has 5 heteroatoms. The molecule has 0 aliphatic carbocycles. The van der Waals surface area contributed by atoms with Gasteiger partial charge in [-0.3, -0.25) is 5.10 Å². The number of nitrogens with one attached hydrogen (secondary N) is 2. The van der Waals surface area contributed by atoms with Gasteiger partial charge in [0, 0.05) is 28.4 Å². The second-order valence-electron chi connectivity index (χ2n) is 3.04. The molecule has 0 fully saturated rings. The van der Waals surface area contributed by atoms with Crippen molar-refractivity contribution in [2.24, 2.45) is 0 Å². The van der Waals surface area contributed by atoms with Crippen LogP contribution in [-0.4, -0.2) is 10.2 Å². The third-order valence-electron chi connectivity index (χ3n) is 2.03. The molecule has 0 aliphatic heterocycles. The molecule has 0 aliphatic rings. The Morgan fingerprint density at radius 2 is 2.00 bits per heavy atom. The minimum Gasteiger partial charge on any atom is -0.378 e. The van der Waals surface area contributed by atoms with Gasteiger partial charge in [-0.15, -0.1) is 0 Å². The Balaban J connectivity index is 2.11. The van der Waals surface area contributed by atoms with E-state index in [2.05, 4.69) is 15.5 Å². The zero-order valence-corrected chi connectivity index (χ0v) is 9.31. The summed E-state index contributed by atoms with van der Waals surface area (Å²) in [6.45, 7) is 0.581. The van der Waals surface area contributed by atoms with Crippen molar-refractivity contribution < 1.29 is 0 Å². The van der Waals surface area contributed by atoms with Crippen LogP contribution in [-0.2, 0) is 6.54 Å². The smallest absolute Gasteiger partial charge is 0.0726 e. The third-order valence-corrected chi connectivity index (χ3v) is 2.74. The van der Waals surface area contributed by atoms with Gasteiger partial charge in [0.15, 0.2) is 0 Å². The standard InChI is InChI=1S/C10H9Cl2N3/c11-9-2-1-3-10(12)8(9)6-13-7-4-14-15-5-7/h1-5,13H,6H2,(H,14,15). The summed E-state index contributed by atoms with van der Waals surface area (Å²) in [6.07, 6.45) is 3.47. The molecule has 2 aromatic rings.